The van der Waals surface area contributed by atoms with Gasteiger partial charge < -0.3 is 9.84 Å². The molecule has 1 atom stereocenters. The second-order valence-electron chi connectivity index (χ2n) is 2.39. The molecule has 0 bridgehead atoms. The third-order valence-electron chi connectivity index (χ3n) is 1.53. The second kappa shape index (κ2) is 3.56. The fourth-order valence-electron chi connectivity index (χ4n) is 0.849. The van der Waals surface area contributed by atoms with Gasteiger partial charge in [-0.3, -0.25) is 4.99 Å². The Balaban J connectivity index is 2.23. The van der Waals surface area contributed by atoms with Crippen LogP contribution >= 0.6 is 0 Å². The first-order valence-electron chi connectivity index (χ1n) is 3.67. The van der Waals surface area contributed by atoms with E-state index in [0.29, 0.717) is 18.9 Å². The zero-order valence-corrected chi connectivity index (χ0v) is 6.21. The van der Waals surface area contributed by atoms with Crippen molar-refractivity contribution in [2.24, 2.45) is 4.99 Å². The number of aliphatic hydroxyl groups excluding tert-OH is 1. The Hall–Kier alpha value is -0.570. The van der Waals surface area contributed by atoms with E-state index in [2.05, 4.69) is 4.99 Å². The van der Waals surface area contributed by atoms with Gasteiger partial charge in [-0.05, 0) is 6.42 Å². The fraction of sp³-hybridized carbons (Fsp3) is 0.857. The van der Waals surface area contributed by atoms with Crippen molar-refractivity contribution >= 4 is 5.90 Å². The van der Waals surface area contributed by atoms with Crippen LogP contribution in [-0.2, 0) is 4.74 Å². The molecule has 0 amide bonds. The highest BCUT2D eigenvalue weighted by atomic mass is 16.5. The predicted octanol–water partition coefficient (Wildman–Crippen LogP) is 0.576. The molecule has 0 spiro atoms. The van der Waals surface area contributed by atoms with Crippen LogP contribution in [0.3, 0.4) is 0 Å². The number of ether oxygens (including phenoxy) is 1. The lowest BCUT2D eigenvalue weighted by molar-refractivity contribution is 0.169. The van der Waals surface area contributed by atoms with E-state index < -0.39 is 0 Å². The molecule has 0 saturated heterocycles. The summed E-state index contributed by atoms with van der Waals surface area (Å²) in [6.07, 6.45) is 1.07. The number of rotatable bonds is 3. The zero-order valence-electron chi connectivity index (χ0n) is 6.21. The summed E-state index contributed by atoms with van der Waals surface area (Å²) in [6.45, 7) is 3.39. The lowest BCUT2D eigenvalue weighted by Crippen LogP contribution is -2.12. The Morgan fingerprint density at radius 1 is 1.80 bits per heavy atom. The molecule has 0 aromatic carbocycles. The summed E-state index contributed by atoms with van der Waals surface area (Å²) < 4.78 is 5.12. The van der Waals surface area contributed by atoms with E-state index >= 15 is 0 Å². The van der Waals surface area contributed by atoms with Crippen molar-refractivity contribution in [2.75, 3.05) is 13.2 Å². The van der Waals surface area contributed by atoms with E-state index in [1.54, 1.807) is 0 Å². The topological polar surface area (TPSA) is 41.8 Å². The van der Waals surface area contributed by atoms with Gasteiger partial charge in [-0.25, -0.2) is 0 Å². The zero-order chi connectivity index (χ0) is 7.40. The molecule has 58 valence electrons. The number of aliphatic hydroxyl groups is 1. The summed E-state index contributed by atoms with van der Waals surface area (Å²) in [4.78, 5) is 4.06. The van der Waals surface area contributed by atoms with Gasteiger partial charge >= 0.3 is 0 Å². The monoisotopic (exact) mass is 143 g/mol. The molecule has 1 heterocycles. The van der Waals surface area contributed by atoms with Gasteiger partial charge in [0.2, 0.25) is 0 Å². The van der Waals surface area contributed by atoms with Gasteiger partial charge in [0, 0.05) is 6.42 Å². The fourth-order valence-corrected chi connectivity index (χ4v) is 0.849. The molecular weight excluding hydrogens is 130 g/mol. The number of aliphatic imine (C=N–C) groups is 1. The molecule has 0 aromatic heterocycles. The normalized spacial score (nSPS) is 20.0. The van der Waals surface area contributed by atoms with Crippen molar-refractivity contribution < 1.29 is 9.84 Å². The lowest BCUT2D eigenvalue weighted by Gasteiger charge is -2.05. The number of hydrogen-bond acceptors (Lipinski definition) is 3. The van der Waals surface area contributed by atoms with Crippen LogP contribution in [0, 0.1) is 0 Å². The van der Waals surface area contributed by atoms with Gasteiger partial charge in [0.25, 0.3) is 0 Å². The van der Waals surface area contributed by atoms with E-state index in [4.69, 9.17) is 9.84 Å². The van der Waals surface area contributed by atoms with Crippen LogP contribution in [0.4, 0.5) is 0 Å². The van der Waals surface area contributed by atoms with Crippen LogP contribution in [0.2, 0.25) is 0 Å². The van der Waals surface area contributed by atoms with Crippen LogP contribution < -0.4 is 0 Å². The summed E-state index contributed by atoms with van der Waals surface area (Å²) in [5.74, 6) is 0.717. The predicted molar refractivity (Wildman–Crippen MR) is 39.2 cm³/mol. The van der Waals surface area contributed by atoms with Crippen LogP contribution in [0.1, 0.15) is 19.8 Å². The highest BCUT2D eigenvalue weighted by Crippen LogP contribution is 2.04. The van der Waals surface area contributed by atoms with Crippen LogP contribution in [-0.4, -0.2) is 30.3 Å². The molecule has 1 rings (SSSR count). The van der Waals surface area contributed by atoms with E-state index in [1.165, 1.54) is 0 Å². The van der Waals surface area contributed by atoms with Gasteiger partial charge in [0.05, 0.1) is 12.6 Å². The van der Waals surface area contributed by atoms with Gasteiger partial charge in [0.1, 0.15) is 6.61 Å². The Bertz CT molecular complexity index is 134. The maximum absolute atomic E-state index is 9.16. The summed E-state index contributed by atoms with van der Waals surface area (Å²) in [6, 6.07) is 0. The van der Waals surface area contributed by atoms with E-state index in [-0.39, 0.29) is 6.10 Å². The van der Waals surface area contributed by atoms with Gasteiger partial charge in [-0.1, -0.05) is 6.92 Å². The van der Waals surface area contributed by atoms with Gasteiger partial charge in [0.15, 0.2) is 5.90 Å². The third kappa shape index (κ3) is 1.99. The largest absolute Gasteiger partial charge is 0.479 e. The molecule has 1 aliphatic rings. The van der Waals surface area contributed by atoms with Gasteiger partial charge in [-0.15, -0.1) is 0 Å². The molecule has 1 unspecified atom stereocenters. The van der Waals surface area contributed by atoms with Crippen LogP contribution in [0.15, 0.2) is 4.99 Å². The van der Waals surface area contributed by atoms with Crippen molar-refractivity contribution in [3.05, 3.63) is 0 Å². The number of hydrogen-bond donors (Lipinski definition) is 1. The van der Waals surface area contributed by atoms with Crippen molar-refractivity contribution in [3.8, 4) is 0 Å². The quantitative estimate of drug-likeness (QED) is 0.627. The summed E-state index contributed by atoms with van der Waals surface area (Å²) in [5.41, 5.74) is 0. The SMILES string of the molecule is CCC(O)CC1=NCCO1. The highest BCUT2D eigenvalue weighted by Gasteiger charge is 2.11. The molecular formula is C7H13NO2. The highest BCUT2D eigenvalue weighted by molar-refractivity contribution is 5.77. The van der Waals surface area contributed by atoms with Crippen LogP contribution in [0.25, 0.3) is 0 Å². The lowest BCUT2D eigenvalue weighted by atomic mass is 10.2. The standard InChI is InChI=1S/C7H13NO2/c1-2-6(9)5-7-8-3-4-10-7/h6,9H,2-5H2,1H3. The molecule has 0 radical (unpaired) electrons. The minimum absolute atomic E-state index is 0.281. The van der Waals surface area contributed by atoms with Crippen molar-refractivity contribution in [2.45, 2.75) is 25.9 Å². The maximum Gasteiger partial charge on any atom is 0.185 e. The molecule has 1 aliphatic heterocycles. The Kier molecular flexibility index (Phi) is 2.68. The van der Waals surface area contributed by atoms with Gasteiger partial charge in [-0.2, -0.15) is 0 Å². The molecule has 0 aromatic rings. The number of nitrogens with zero attached hydrogens (tertiary/aromatic N) is 1. The minimum atomic E-state index is -0.281. The van der Waals surface area contributed by atoms with Crippen molar-refractivity contribution in [1.82, 2.24) is 0 Å². The Labute approximate surface area is 60.7 Å². The summed E-state index contributed by atoms with van der Waals surface area (Å²) >= 11 is 0. The van der Waals surface area contributed by atoms with Crippen LogP contribution in [0.5, 0.6) is 0 Å². The molecule has 0 aliphatic carbocycles. The van der Waals surface area contributed by atoms with E-state index in [1.807, 2.05) is 6.92 Å². The minimum Gasteiger partial charge on any atom is -0.479 e. The molecule has 0 fully saturated rings. The molecule has 3 nitrogen and oxygen atoms in total. The molecule has 0 saturated carbocycles. The second-order valence-corrected chi connectivity index (χ2v) is 2.39. The smallest absolute Gasteiger partial charge is 0.185 e. The van der Waals surface area contributed by atoms with E-state index in [9.17, 15) is 0 Å². The molecule has 1 N–H and O–H groups in total. The average Bonchev–Trinajstić information content (AvgIpc) is 2.40. The van der Waals surface area contributed by atoms with E-state index in [0.717, 1.165) is 13.0 Å². The molecule has 3 heteroatoms. The third-order valence-corrected chi connectivity index (χ3v) is 1.53. The first-order chi connectivity index (χ1) is 4.83. The average molecular weight is 143 g/mol. The summed E-state index contributed by atoms with van der Waals surface area (Å²) in [7, 11) is 0. The maximum atomic E-state index is 9.16. The van der Waals surface area contributed by atoms with Crippen molar-refractivity contribution in [1.29, 1.82) is 0 Å². The Morgan fingerprint density at radius 3 is 3.10 bits per heavy atom. The summed E-state index contributed by atoms with van der Waals surface area (Å²) in [5, 5.41) is 9.16. The first kappa shape index (κ1) is 7.54. The molecule has 10 heavy (non-hydrogen) atoms. The van der Waals surface area contributed by atoms with Crippen molar-refractivity contribution in [3.63, 3.8) is 0 Å². The Morgan fingerprint density at radius 2 is 2.60 bits per heavy atom. The first-order valence-corrected chi connectivity index (χ1v) is 3.67.